The van der Waals surface area contributed by atoms with E-state index in [0.29, 0.717) is 10.6 Å². The Labute approximate surface area is 127 Å². The molecule has 1 aromatic carbocycles. The van der Waals surface area contributed by atoms with Gasteiger partial charge in [-0.3, -0.25) is 0 Å². The van der Waals surface area contributed by atoms with Crippen LogP contribution in [0.15, 0.2) is 30.3 Å². The molecule has 0 radical (unpaired) electrons. The van der Waals surface area contributed by atoms with Crippen molar-refractivity contribution in [3.63, 3.8) is 0 Å². The summed E-state index contributed by atoms with van der Waals surface area (Å²) in [4.78, 5) is 16.5. The van der Waals surface area contributed by atoms with Crippen LogP contribution in [0, 0.1) is 0 Å². The zero-order chi connectivity index (χ0) is 14.9. The van der Waals surface area contributed by atoms with E-state index < -0.39 is 11.6 Å². The van der Waals surface area contributed by atoms with Crippen LogP contribution >= 0.6 is 11.3 Å². The van der Waals surface area contributed by atoms with Crippen molar-refractivity contribution in [3.05, 3.63) is 40.2 Å². The van der Waals surface area contributed by atoms with Gasteiger partial charge < -0.3 is 9.84 Å². The van der Waals surface area contributed by atoms with Crippen molar-refractivity contribution in [2.45, 2.75) is 31.3 Å². The summed E-state index contributed by atoms with van der Waals surface area (Å²) >= 11 is 1.25. The molecule has 0 spiro atoms. The molecule has 21 heavy (non-hydrogen) atoms. The van der Waals surface area contributed by atoms with Crippen molar-refractivity contribution in [1.82, 2.24) is 4.98 Å². The quantitative estimate of drug-likeness (QED) is 0.930. The second-order valence-corrected chi connectivity index (χ2v) is 6.27. The molecular weight excluding hydrogens is 286 g/mol. The maximum atomic E-state index is 11.5. The van der Waals surface area contributed by atoms with E-state index in [9.17, 15) is 9.90 Å². The average molecular weight is 303 g/mol. The highest BCUT2D eigenvalue weighted by Crippen LogP contribution is 2.45. The third kappa shape index (κ3) is 2.47. The number of carbonyl (C=O) groups is 1. The minimum Gasteiger partial charge on any atom is -0.477 e. The predicted molar refractivity (Wildman–Crippen MR) is 81.7 cm³/mol. The minimum atomic E-state index is -0.929. The zero-order valence-electron chi connectivity index (χ0n) is 11.8. The highest BCUT2D eigenvalue weighted by molar-refractivity contribution is 7.14. The standard InChI is InChI=1S/C16H17NO3S/c1-20-16(9-5-6-10-16)15-17-12(13(21-15)14(18)19)11-7-3-2-4-8-11/h2-4,7-8H,5-6,9-10H2,1H3,(H,18,19). The van der Waals surface area contributed by atoms with Crippen molar-refractivity contribution >= 4 is 17.3 Å². The van der Waals surface area contributed by atoms with Gasteiger partial charge in [-0.25, -0.2) is 9.78 Å². The first-order valence-electron chi connectivity index (χ1n) is 7.01. The summed E-state index contributed by atoms with van der Waals surface area (Å²) in [6.45, 7) is 0. The van der Waals surface area contributed by atoms with E-state index in [1.807, 2.05) is 30.3 Å². The number of rotatable bonds is 4. The number of methoxy groups -OCH3 is 1. The normalized spacial score (nSPS) is 17.0. The number of aromatic nitrogens is 1. The van der Waals surface area contributed by atoms with Crippen molar-refractivity contribution in [2.24, 2.45) is 0 Å². The van der Waals surface area contributed by atoms with Gasteiger partial charge >= 0.3 is 5.97 Å². The summed E-state index contributed by atoms with van der Waals surface area (Å²) in [6, 6.07) is 9.47. The molecule has 2 aromatic rings. The van der Waals surface area contributed by atoms with E-state index in [4.69, 9.17) is 4.74 Å². The van der Waals surface area contributed by atoms with Crippen LogP contribution in [0.5, 0.6) is 0 Å². The lowest BCUT2D eigenvalue weighted by Crippen LogP contribution is -2.24. The average Bonchev–Trinajstić information content (AvgIpc) is 3.15. The van der Waals surface area contributed by atoms with Gasteiger partial charge in [0, 0.05) is 12.7 Å². The number of carboxylic acids is 1. The first-order chi connectivity index (χ1) is 10.2. The van der Waals surface area contributed by atoms with Crippen molar-refractivity contribution < 1.29 is 14.6 Å². The molecule has 1 aliphatic rings. The topological polar surface area (TPSA) is 59.4 Å². The fraction of sp³-hybridized carbons (Fsp3) is 0.375. The fourth-order valence-corrected chi connectivity index (χ4v) is 4.05. The van der Waals surface area contributed by atoms with Gasteiger partial charge in [-0.1, -0.05) is 43.2 Å². The summed E-state index contributed by atoms with van der Waals surface area (Å²) in [7, 11) is 1.69. The van der Waals surface area contributed by atoms with Crippen LogP contribution in [-0.2, 0) is 10.3 Å². The number of hydrogen-bond acceptors (Lipinski definition) is 4. The molecule has 0 saturated heterocycles. The summed E-state index contributed by atoms with van der Waals surface area (Å²) in [5.74, 6) is -0.929. The molecule has 4 nitrogen and oxygen atoms in total. The molecule has 1 fully saturated rings. The van der Waals surface area contributed by atoms with Crippen LogP contribution < -0.4 is 0 Å². The number of ether oxygens (including phenoxy) is 1. The number of thiazole rings is 1. The van der Waals surface area contributed by atoms with E-state index >= 15 is 0 Å². The Bertz CT molecular complexity index is 645. The third-order valence-electron chi connectivity index (χ3n) is 4.06. The summed E-state index contributed by atoms with van der Waals surface area (Å²) < 4.78 is 5.72. The Morgan fingerprint density at radius 3 is 2.52 bits per heavy atom. The molecule has 1 saturated carbocycles. The molecule has 0 amide bonds. The highest BCUT2D eigenvalue weighted by Gasteiger charge is 2.40. The van der Waals surface area contributed by atoms with Crippen LogP contribution in [0.25, 0.3) is 11.3 Å². The lowest BCUT2D eigenvalue weighted by Gasteiger charge is -2.24. The SMILES string of the molecule is COC1(c2nc(-c3ccccc3)c(C(=O)O)s2)CCCC1. The van der Waals surface area contributed by atoms with Gasteiger partial charge in [0.2, 0.25) is 0 Å². The van der Waals surface area contributed by atoms with Crippen LogP contribution in [0.1, 0.15) is 40.4 Å². The first-order valence-corrected chi connectivity index (χ1v) is 7.83. The molecule has 5 heteroatoms. The Hall–Kier alpha value is -1.72. The Balaban J connectivity index is 2.11. The van der Waals surface area contributed by atoms with Crippen molar-refractivity contribution in [2.75, 3.05) is 7.11 Å². The maximum absolute atomic E-state index is 11.5. The van der Waals surface area contributed by atoms with Crippen LogP contribution in [0.3, 0.4) is 0 Å². The predicted octanol–water partition coefficient (Wildman–Crippen LogP) is 3.92. The van der Waals surface area contributed by atoms with E-state index in [1.54, 1.807) is 7.11 Å². The molecule has 0 atom stereocenters. The van der Waals surface area contributed by atoms with E-state index in [0.717, 1.165) is 36.3 Å². The first kappa shape index (κ1) is 14.2. The lowest BCUT2D eigenvalue weighted by atomic mass is 10.0. The Morgan fingerprint density at radius 2 is 1.95 bits per heavy atom. The molecule has 0 bridgehead atoms. The summed E-state index contributed by atoms with van der Waals surface area (Å²) in [6.07, 6.45) is 4.00. The van der Waals surface area contributed by atoms with Gasteiger partial charge in [-0.2, -0.15) is 0 Å². The van der Waals surface area contributed by atoms with Crippen LogP contribution in [0.2, 0.25) is 0 Å². The highest BCUT2D eigenvalue weighted by atomic mass is 32.1. The molecule has 0 unspecified atom stereocenters. The largest absolute Gasteiger partial charge is 0.477 e. The van der Waals surface area contributed by atoms with E-state index in [1.165, 1.54) is 11.3 Å². The lowest BCUT2D eigenvalue weighted by molar-refractivity contribution is -0.00879. The fourth-order valence-electron chi connectivity index (χ4n) is 2.90. The van der Waals surface area contributed by atoms with Gasteiger partial charge in [0.1, 0.15) is 15.5 Å². The molecule has 1 aromatic heterocycles. The smallest absolute Gasteiger partial charge is 0.348 e. The number of carboxylic acid groups (broad SMARTS) is 1. The van der Waals surface area contributed by atoms with Crippen LogP contribution in [-0.4, -0.2) is 23.2 Å². The number of benzene rings is 1. The summed E-state index contributed by atoms with van der Waals surface area (Å²) in [5.41, 5.74) is 0.982. The van der Waals surface area contributed by atoms with Gasteiger partial charge in [0.15, 0.2) is 0 Å². The van der Waals surface area contributed by atoms with E-state index in [-0.39, 0.29) is 0 Å². The molecule has 0 aliphatic heterocycles. The molecule has 1 aliphatic carbocycles. The number of nitrogens with zero attached hydrogens (tertiary/aromatic N) is 1. The van der Waals surface area contributed by atoms with Crippen molar-refractivity contribution in [3.8, 4) is 11.3 Å². The van der Waals surface area contributed by atoms with Gasteiger partial charge in [0.05, 0.1) is 5.69 Å². The third-order valence-corrected chi connectivity index (χ3v) is 5.29. The van der Waals surface area contributed by atoms with E-state index in [2.05, 4.69) is 4.98 Å². The Morgan fingerprint density at radius 1 is 1.29 bits per heavy atom. The van der Waals surface area contributed by atoms with Crippen LogP contribution in [0.4, 0.5) is 0 Å². The number of aromatic carboxylic acids is 1. The molecule has 110 valence electrons. The van der Waals surface area contributed by atoms with Crippen molar-refractivity contribution in [1.29, 1.82) is 0 Å². The second-order valence-electron chi connectivity index (χ2n) is 5.27. The van der Waals surface area contributed by atoms with Gasteiger partial charge in [-0.05, 0) is 12.8 Å². The minimum absolute atomic E-state index is 0.291. The monoisotopic (exact) mass is 303 g/mol. The van der Waals surface area contributed by atoms with Gasteiger partial charge in [-0.15, -0.1) is 11.3 Å². The zero-order valence-corrected chi connectivity index (χ0v) is 12.7. The molecular formula is C16H17NO3S. The molecule has 3 rings (SSSR count). The Kier molecular flexibility index (Phi) is 3.78. The number of hydrogen-bond donors (Lipinski definition) is 1. The maximum Gasteiger partial charge on any atom is 0.348 e. The van der Waals surface area contributed by atoms with Gasteiger partial charge in [0.25, 0.3) is 0 Å². The summed E-state index contributed by atoms with van der Waals surface area (Å²) in [5, 5.41) is 10.3. The molecule has 1 heterocycles. The second kappa shape index (κ2) is 5.58. The molecule has 1 N–H and O–H groups in total.